The van der Waals surface area contributed by atoms with Gasteiger partial charge in [0.15, 0.2) is 5.96 Å². The Morgan fingerprint density at radius 1 is 1.17 bits per heavy atom. The summed E-state index contributed by atoms with van der Waals surface area (Å²) >= 11 is 0. The van der Waals surface area contributed by atoms with Crippen molar-refractivity contribution in [2.45, 2.75) is 44.9 Å². The van der Waals surface area contributed by atoms with Crippen LogP contribution in [0.15, 0.2) is 59.6 Å². The lowest BCUT2D eigenvalue weighted by atomic mass is 9.97. The molecule has 7 heteroatoms. The summed E-state index contributed by atoms with van der Waals surface area (Å²) in [6, 6.07) is 18.1. The number of likely N-dealkylation sites (tertiary alicyclic amines) is 1. The van der Waals surface area contributed by atoms with Crippen LogP contribution in [0.4, 0.5) is 5.69 Å². The molecule has 2 aromatic rings. The van der Waals surface area contributed by atoms with E-state index in [2.05, 4.69) is 57.8 Å². The third-order valence-electron chi connectivity index (χ3n) is 5.41. The summed E-state index contributed by atoms with van der Waals surface area (Å²) < 4.78 is 0. The van der Waals surface area contributed by atoms with E-state index in [0.29, 0.717) is 18.6 Å². The maximum absolute atomic E-state index is 10.8. The van der Waals surface area contributed by atoms with E-state index < -0.39 is 0 Å². The lowest BCUT2D eigenvalue weighted by molar-refractivity contribution is -0.384. The zero-order valence-corrected chi connectivity index (χ0v) is 17.0. The van der Waals surface area contributed by atoms with Crippen LogP contribution >= 0.6 is 0 Å². The lowest BCUT2D eigenvalue weighted by Crippen LogP contribution is -2.51. The van der Waals surface area contributed by atoms with Gasteiger partial charge in [-0.1, -0.05) is 42.5 Å². The first kappa shape index (κ1) is 20.8. The molecular weight excluding hydrogens is 366 g/mol. The van der Waals surface area contributed by atoms with E-state index in [4.69, 9.17) is 0 Å². The van der Waals surface area contributed by atoms with Gasteiger partial charge in [-0.3, -0.25) is 20.0 Å². The Morgan fingerprint density at radius 2 is 1.90 bits per heavy atom. The average molecular weight is 396 g/mol. The summed E-state index contributed by atoms with van der Waals surface area (Å²) in [5.41, 5.74) is 2.43. The lowest BCUT2D eigenvalue weighted by Gasteiger charge is -2.38. The molecule has 2 unspecified atom stereocenters. The SMILES string of the molecule is CN=C(NCc1ccc([N+](=O)[O-])cc1)NC1CCN(Cc2ccccc2)C(C)C1. The maximum atomic E-state index is 10.8. The Bertz CT molecular complexity index is 823. The molecule has 29 heavy (non-hydrogen) atoms. The van der Waals surface area contributed by atoms with Gasteiger partial charge < -0.3 is 10.6 Å². The molecular formula is C22H29N5O2. The van der Waals surface area contributed by atoms with Crippen LogP contribution in [-0.4, -0.2) is 41.5 Å². The first-order valence-corrected chi connectivity index (χ1v) is 10.0. The zero-order chi connectivity index (χ0) is 20.6. The minimum absolute atomic E-state index is 0.104. The minimum atomic E-state index is -0.386. The van der Waals surface area contributed by atoms with E-state index in [-0.39, 0.29) is 10.6 Å². The molecule has 0 aliphatic carbocycles. The largest absolute Gasteiger partial charge is 0.354 e. The number of aliphatic imine (C=N–C) groups is 1. The van der Waals surface area contributed by atoms with Crippen molar-refractivity contribution in [2.24, 2.45) is 4.99 Å². The quantitative estimate of drug-likeness (QED) is 0.339. The van der Waals surface area contributed by atoms with Gasteiger partial charge in [0.05, 0.1) is 4.92 Å². The van der Waals surface area contributed by atoms with Gasteiger partial charge in [-0.25, -0.2) is 0 Å². The van der Waals surface area contributed by atoms with E-state index in [9.17, 15) is 10.1 Å². The Hall–Kier alpha value is -2.93. The molecule has 7 nitrogen and oxygen atoms in total. The van der Waals surface area contributed by atoms with Crippen molar-refractivity contribution < 1.29 is 4.92 Å². The van der Waals surface area contributed by atoms with Crippen molar-refractivity contribution in [3.8, 4) is 0 Å². The number of nitrogens with zero attached hydrogens (tertiary/aromatic N) is 3. The van der Waals surface area contributed by atoms with E-state index in [1.54, 1.807) is 19.2 Å². The first-order chi connectivity index (χ1) is 14.0. The average Bonchev–Trinajstić information content (AvgIpc) is 2.74. The molecule has 0 aromatic heterocycles. The number of rotatable bonds is 6. The summed E-state index contributed by atoms with van der Waals surface area (Å²) in [4.78, 5) is 17.2. The third-order valence-corrected chi connectivity index (χ3v) is 5.41. The highest BCUT2D eigenvalue weighted by molar-refractivity contribution is 5.80. The fourth-order valence-corrected chi connectivity index (χ4v) is 3.71. The number of guanidine groups is 1. The molecule has 1 aliphatic heterocycles. The molecule has 1 saturated heterocycles. The molecule has 2 N–H and O–H groups in total. The van der Waals surface area contributed by atoms with Crippen LogP contribution in [0, 0.1) is 10.1 Å². The number of piperidine rings is 1. The van der Waals surface area contributed by atoms with Crippen molar-refractivity contribution >= 4 is 11.6 Å². The highest BCUT2D eigenvalue weighted by Gasteiger charge is 2.25. The first-order valence-electron chi connectivity index (χ1n) is 10.0. The van der Waals surface area contributed by atoms with Crippen molar-refractivity contribution in [3.63, 3.8) is 0 Å². The number of nitrogens with one attached hydrogen (secondary N) is 2. The number of hydrogen-bond acceptors (Lipinski definition) is 4. The Balaban J connectivity index is 1.47. The molecule has 2 atom stereocenters. The molecule has 2 aromatic carbocycles. The van der Waals surface area contributed by atoms with Crippen LogP contribution in [0.1, 0.15) is 30.9 Å². The number of nitro benzene ring substituents is 1. The third kappa shape index (κ3) is 6.02. The molecule has 0 bridgehead atoms. The van der Waals surface area contributed by atoms with Gasteiger partial charge in [-0.15, -0.1) is 0 Å². The summed E-state index contributed by atoms with van der Waals surface area (Å²) in [5, 5.41) is 17.6. The van der Waals surface area contributed by atoms with Crippen LogP contribution in [0.3, 0.4) is 0 Å². The molecule has 0 radical (unpaired) electrons. The van der Waals surface area contributed by atoms with Crippen LogP contribution in [0.25, 0.3) is 0 Å². The number of nitro groups is 1. The second kappa shape index (κ2) is 10.0. The zero-order valence-electron chi connectivity index (χ0n) is 17.0. The Kier molecular flexibility index (Phi) is 7.19. The Morgan fingerprint density at radius 3 is 2.52 bits per heavy atom. The molecule has 154 valence electrons. The second-order valence-electron chi connectivity index (χ2n) is 7.52. The topological polar surface area (TPSA) is 82.8 Å². The molecule has 0 saturated carbocycles. The molecule has 1 fully saturated rings. The monoisotopic (exact) mass is 395 g/mol. The van der Waals surface area contributed by atoms with Gasteiger partial charge in [-0.2, -0.15) is 0 Å². The fraction of sp³-hybridized carbons (Fsp3) is 0.409. The normalized spacial score (nSPS) is 20.3. The predicted octanol–water partition coefficient (Wildman–Crippen LogP) is 3.31. The molecule has 1 aliphatic rings. The minimum Gasteiger partial charge on any atom is -0.354 e. The number of hydrogen-bond donors (Lipinski definition) is 2. The smallest absolute Gasteiger partial charge is 0.269 e. The van der Waals surface area contributed by atoms with Crippen LogP contribution in [0.2, 0.25) is 0 Å². The van der Waals surface area contributed by atoms with Gasteiger partial charge in [0, 0.05) is 50.9 Å². The molecule has 0 spiro atoms. The van der Waals surface area contributed by atoms with Gasteiger partial charge >= 0.3 is 0 Å². The van der Waals surface area contributed by atoms with E-state index in [1.807, 2.05) is 0 Å². The second-order valence-corrected chi connectivity index (χ2v) is 7.52. The van der Waals surface area contributed by atoms with Crippen molar-refractivity contribution in [1.82, 2.24) is 15.5 Å². The van der Waals surface area contributed by atoms with Crippen LogP contribution < -0.4 is 10.6 Å². The fourth-order valence-electron chi connectivity index (χ4n) is 3.71. The van der Waals surface area contributed by atoms with E-state index in [0.717, 1.165) is 37.5 Å². The predicted molar refractivity (Wildman–Crippen MR) is 116 cm³/mol. The van der Waals surface area contributed by atoms with Gasteiger partial charge in [0.25, 0.3) is 5.69 Å². The standard InChI is InChI=1S/C22H29N5O2/c1-17-14-20(12-13-26(17)16-19-6-4-3-5-7-19)25-22(23-2)24-15-18-8-10-21(11-9-18)27(28)29/h3-11,17,20H,12-16H2,1-2H3,(H2,23,24,25). The molecule has 3 rings (SSSR count). The van der Waals surface area contributed by atoms with Gasteiger partial charge in [0.2, 0.25) is 0 Å². The molecule has 0 amide bonds. The van der Waals surface area contributed by atoms with Gasteiger partial charge in [0.1, 0.15) is 0 Å². The van der Waals surface area contributed by atoms with Crippen molar-refractivity contribution in [3.05, 3.63) is 75.8 Å². The highest BCUT2D eigenvalue weighted by atomic mass is 16.6. The summed E-state index contributed by atoms with van der Waals surface area (Å²) in [5.74, 6) is 0.761. The van der Waals surface area contributed by atoms with Gasteiger partial charge in [-0.05, 0) is 30.9 Å². The Labute approximate surface area is 172 Å². The van der Waals surface area contributed by atoms with Crippen molar-refractivity contribution in [2.75, 3.05) is 13.6 Å². The molecule has 1 heterocycles. The number of benzene rings is 2. The van der Waals surface area contributed by atoms with E-state index in [1.165, 1.54) is 17.7 Å². The summed E-state index contributed by atoms with van der Waals surface area (Å²) in [6.45, 7) is 4.89. The number of non-ortho nitro benzene ring substituents is 1. The summed E-state index contributed by atoms with van der Waals surface area (Å²) in [6.07, 6.45) is 2.13. The summed E-state index contributed by atoms with van der Waals surface area (Å²) in [7, 11) is 1.76. The van der Waals surface area contributed by atoms with E-state index >= 15 is 0 Å². The maximum Gasteiger partial charge on any atom is 0.269 e. The van der Waals surface area contributed by atoms with Crippen LogP contribution in [0.5, 0.6) is 0 Å². The van der Waals surface area contributed by atoms with Crippen molar-refractivity contribution in [1.29, 1.82) is 0 Å². The highest BCUT2D eigenvalue weighted by Crippen LogP contribution is 2.20. The van der Waals surface area contributed by atoms with Crippen LogP contribution in [-0.2, 0) is 13.1 Å².